The molecule has 31 heavy (non-hydrogen) atoms. The summed E-state index contributed by atoms with van der Waals surface area (Å²) in [6.45, 7) is 2.02. The number of aromatic nitrogens is 2. The van der Waals surface area contributed by atoms with Crippen molar-refractivity contribution in [2.24, 2.45) is 0 Å². The molecule has 1 saturated heterocycles. The van der Waals surface area contributed by atoms with Gasteiger partial charge in [0, 0.05) is 36.5 Å². The molecule has 4 rings (SSSR count). The molecule has 1 N–H and O–H groups in total. The predicted molar refractivity (Wildman–Crippen MR) is 120 cm³/mol. The molecule has 1 aliphatic rings. The topological polar surface area (TPSA) is 101 Å². The van der Waals surface area contributed by atoms with E-state index in [0.29, 0.717) is 5.69 Å². The minimum absolute atomic E-state index is 0.0408. The van der Waals surface area contributed by atoms with Gasteiger partial charge in [0.15, 0.2) is 5.82 Å². The number of nitrogens with zero attached hydrogens (tertiary/aromatic N) is 4. The number of hydrogen-bond acceptors (Lipinski definition) is 6. The predicted octanol–water partition coefficient (Wildman–Crippen LogP) is 4.95. The molecule has 9 heteroatoms. The first-order chi connectivity index (χ1) is 15.0. The fourth-order valence-corrected chi connectivity index (χ4v) is 3.70. The van der Waals surface area contributed by atoms with Gasteiger partial charge in [0.25, 0.3) is 11.6 Å². The summed E-state index contributed by atoms with van der Waals surface area (Å²) >= 11 is 6.03. The molecule has 2 heterocycles. The van der Waals surface area contributed by atoms with Gasteiger partial charge in [-0.05, 0) is 49.6 Å². The third kappa shape index (κ3) is 4.80. The summed E-state index contributed by atoms with van der Waals surface area (Å²) in [5.41, 5.74) is 1.98. The Labute approximate surface area is 184 Å². The van der Waals surface area contributed by atoms with Crippen LogP contribution in [0.1, 0.15) is 29.6 Å². The summed E-state index contributed by atoms with van der Waals surface area (Å²) in [6, 6.07) is 14.8. The number of benzene rings is 2. The maximum Gasteiger partial charge on any atom is 0.270 e. The summed E-state index contributed by atoms with van der Waals surface area (Å²) in [6.07, 6.45) is 3.62. The number of nitrogens with one attached hydrogen (secondary N) is 1. The van der Waals surface area contributed by atoms with E-state index in [1.807, 2.05) is 24.3 Å². The first-order valence-electron chi connectivity index (χ1n) is 9.96. The third-order valence-corrected chi connectivity index (χ3v) is 5.50. The van der Waals surface area contributed by atoms with Crippen molar-refractivity contribution in [2.45, 2.75) is 19.3 Å². The number of hydrogen-bond donors (Lipinski definition) is 1. The smallest absolute Gasteiger partial charge is 0.270 e. The number of amides is 1. The minimum Gasteiger partial charge on any atom is -0.355 e. The molecule has 0 aliphatic carbocycles. The lowest BCUT2D eigenvalue weighted by molar-refractivity contribution is -0.384. The standard InChI is InChI=1S/C22H20ClN5O3/c23-19-9-8-17(28(30)31)14-18(19)22(29)24-16-6-4-15(5-7-16)20-10-11-21(26-25-20)27-12-2-1-3-13-27/h4-11,14H,1-3,12-13H2,(H,24,29). The van der Waals surface area contributed by atoms with Gasteiger partial charge in [-0.15, -0.1) is 10.2 Å². The van der Waals surface area contributed by atoms with Crippen molar-refractivity contribution in [3.05, 3.63) is 75.3 Å². The van der Waals surface area contributed by atoms with Crippen LogP contribution in [0, 0.1) is 10.1 Å². The van der Waals surface area contributed by atoms with Crippen molar-refractivity contribution >= 4 is 34.7 Å². The summed E-state index contributed by atoms with van der Waals surface area (Å²) in [5.74, 6) is 0.369. The number of nitro benzene ring substituents is 1. The van der Waals surface area contributed by atoms with Crippen LogP contribution in [-0.2, 0) is 0 Å². The lowest BCUT2D eigenvalue weighted by Gasteiger charge is -2.27. The van der Waals surface area contributed by atoms with E-state index in [9.17, 15) is 14.9 Å². The average molecular weight is 438 g/mol. The number of rotatable bonds is 5. The van der Waals surface area contributed by atoms with Gasteiger partial charge in [0.2, 0.25) is 0 Å². The molecular weight excluding hydrogens is 418 g/mol. The highest BCUT2D eigenvalue weighted by Gasteiger charge is 2.16. The molecule has 0 spiro atoms. The molecular formula is C22H20ClN5O3. The second-order valence-corrected chi connectivity index (χ2v) is 7.68. The Hall–Kier alpha value is -3.52. The molecule has 0 atom stereocenters. The average Bonchev–Trinajstić information content (AvgIpc) is 2.80. The Morgan fingerprint density at radius 2 is 1.74 bits per heavy atom. The van der Waals surface area contributed by atoms with Crippen molar-refractivity contribution < 1.29 is 9.72 Å². The Morgan fingerprint density at radius 1 is 1.00 bits per heavy atom. The molecule has 1 aliphatic heterocycles. The van der Waals surface area contributed by atoms with E-state index < -0.39 is 10.8 Å². The molecule has 2 aromatic carbocycles. The minimum atomic E-state index is -0.570. The lowest BCUT2D eigenvalue weighted by Crippen LogP contribution is -2.30. The number of piperidine rings is 1. The number of halogens is 1. The summed E-state index contributed by atoms with van der Waals surface area (Å²) in [5, 5.41) is 22.5. The van der Waals surface area contributed by atoms with Crippen molar-refractivity contribution in [2.75, 3.05) is 23.3 Å². The molecule has 0 saturated carbocycles. The monoisotopic (exact) mass is 437 g/mol. The second kappa shape index (κ2) is 9.09. The van der Waals surface area contributed by atoms with Gasteiger partial charge >= 0.3 is 0 Å². The quantitative estimate of drug-likeness (QED) is 0.447. The van der Waals surface area contributed by atoms with Crippen molar-refractivity contribution in [3.63, 3.8) is 0 Å². The summed E-state index contributed by atoms with van der Waals surface area (Å²) in [7, 11) is 0. The molecule has 1 aromatic heterocycles. The molecule has 0 radical (unpaired) electrons. The zero-order valence-electron chi connectivity index (χ0n) is 16.6. The molecule has 0 bridgehead atoms. The van der Waals surface area contributed by atoms with E-state index in [4.69, 9.17) is 11.6 Å². The highest BCUT2D eigenvalue weighted by Crippen LogP contribution is 2.25. The van der Waals surface area contributed by atoms with Crippen LogP contribution < -0.4 is 10.2 Å². The normalized spacial score (nSPS) is 13.6. The van der Waals surface area contributed by atoms with Crippen LogP contribution in [0.4, 0.5) is 17.2 Å². The number of carbonyl (C=O) groups excluding carboxylic acids is 1. The van der Waals surface area contributed by atoms with E-state index in [0.717, 1.165) is 36.2 Å². The Bertz CT molecular complexity index is 1100. The van der Waals surface area contributed by atoms with Gasteiger partial charge in [0.05, 0.1) is 21.2 Å². The third-order valence-electron chi connectivity index (χ3n) is 5.17. The zero-order valence-corrected chi connectivity index (χ0v) is 17.4. The molecule has 3 aromatic rings. The van der Waals surface area contributed by atoms with Gasteiger partial charge in [-0.1, -0.05) is 23.7 Å². The van der Waals surface area contributed by atoms with E-state index in [-0.39, 0.29) is 16.3 Å². The maximum absolute atomic E-state index is 12.5. The summed E-state index contributed by atoms with van der Waals surface area (Å²) < 4.78 is 0. The number of non-ortho nitro benzene ring substituents is 1. The molecule has 0 unspecified atom stereocenters. The van der Waals surface area contributed by atoms with E-state index in [1.165, 1.54) is 31.4 Å². The fourth-order valence-electron chi connectivity index (χ4n) is 3.49. The van der Waals surface area contributed by atoms with Gasteiger partial charge in [-0.2, -0.15) is 0 Å². The highest BCUT2D eigenvalue weighted by molar-refractivity contribution is 6.34. The van der Waals surface area contributed by atoms with Crippen LogP contribution in [0.2, 0.25) is 5.02 Å². The molecule has 8 nitrogen and oxygen atoms in total. The van der Waals surface area contributed by atoms with Crippen LogP contribution in [0.5, 0.6) is 0 Å². The van der Waals surface area contributed by atoms with Crippen LogP contribution in [0.3, 0.4) is 0 Å². The zero-order chi connectivity index (χ0) is 21.8. The lowest BCUT2D eigenvalue weighted by atomic mass is 10.1. The van der Waals surface area contributed by atoms with Gasteiger partial charge in [0.1, 0.15) is 0 Å². The van der Waals surface area contributed by atoms with Crippen molar-refractivity contribution in [3.8, 4) is 11.3 Å². The van der Waals surface area contributed by atoms with Crippen LogP contribution in [0.15, 0.2) is 54.6 Å². The van der Waals surface area contributed by atoms with Crippen molar-refractivity contribution in [1.82, 2.24) is 10.2 Å². The second-order valence-electron chi connectivity index (χ2n) is 7.28. The first kappa shape index (κ1) is 20.7. The number of carbonyl (C=O) groups is 1. The largest absolute Gasteiger partial charge is 0.355 e. The molecule has 1 fully saturated rings. The SMILES string of the molecule is O=C(Nc1ccc(-c2ccc(N3CCCCC3)nn2)cc1)c1cc([N+](=O)[O-])ccc1Cl. The van der Waals surface area contributed by atoms with Crippen molar-refractivity contribution in [1.29, 1.82) is 0 Å². The fraction of sp³-hybridized carbons (Fsp3) is 0.227. The van der Waals surface area contributed by atoms with Crippen LogP contribution >= 0.6 is 11.6 Å². The van der Waals surface area contributed by atoms with Crippen LogP contribution in [0.25, 0.3) is 11.3 Å². The number of anilines is 2. The first-order valence-corrected chi connectivity index (χ1v) is 10.3. The van der Waals surface area contributed by atoms with Gasteiger partial charge in [-0.25, -0.2) is 0 Å². The maximum atomic E-state index is 12.5. The highest BCUT2D eigenvalue weighted by atomic mass is 35.5. The van der Waals surface area contributed by atoms with Crippen LogP contribution in [-0.4, -0.2) is 34.1 Å². The molecule has 1 amide bonds. The van der Waals surface area contributed by atoms with Gasteiger partial charge < -0.3 is 10.2 Å². The van der Waals surface area contributed by atoms with E-state index in [2.05, 4.69) is 20.4 Å². The van der Waals surface area contributed by atoms with Gasteiger partial charge in [-0.3, -0.25) is 14.9 Å². The Morgan fingerprint density at radius 3 is 2.39 bits per heavy atom. The van der Waals surface area contributed by atoms with E-state index in [1.54, 1.807) is 12.1 Å². The van der Waals surface area contributed by atoms with E-state index >= 15 is 0 Å². The summed E-state index contributed by atoms with van der Waals surface area (Å²) in [4.78, 5) is 25.1. The number of nitro groups is 1. The molecule has 158 valence electrons. The Balaban J connectivity index is 1.45. The Kier molecular flexibility index (Phi) is 6.08.